The molecule has 0 aliphatic carbocycles. The number of hydrogen-bond acceptors (Lipinski definition) is 5. The van der Waals surface area contributed by atoms with E-state index >= 15 is 0 Å². The molecule has 4 aromatic rings. The lowest BCUT2D eigenvalue weighted by molar-refractivity contribution is 0.207. The van der Waals surface area contributed by atoms with E-state index in [0.29, 0.717) is 30.9 Å². The summed E-state index contributed by atoms with van der Waals surface area (Å²) in [6.07, 6.45) is 1.71. The van der Waals surface area contributed by atoms with Gasteiger partial charge in [-0.05, 0) is 55.0 Å². The molecule has 5 rings (SSSR count). The van der Waals surface area contributed by atoms with Crippen molar-refractivity contribution in [1.82, 2.24) is 14.5 Å². The number of nitrogens with zero attached hydrogens (tertiary/aromatic N) is 4. The first kappa shape index (κ1) is 23.8. The molecular weight excluding hydrogens is 455 g/mol. The first-order valence-electron chi connectivity index (χ1n) is 12.1. The zero-order valence-corrected chi connectivity index (χ0v) is 20.2. The number of aryl methyl sites for hydroxylation is 1. The molecule has 1 N–H and O–H groups in total. The van der Waals surface area contributed by atoms with Crippen LogP contribution in [0.4, 0.5) is 10.1 Å². The van der Waals surface area contributed by atoms with Gasteiger partial charge in [0, 0.05) is 43.8 Å². The van der Waals surface area contributed by atoms with Gasteiger partial charge < -0.3 is 14.6 Å². The van der Waals surface area contributed by atoms with Crippen LogP contribution >= 0.6 is 0 Å². The van der Waals surface area contributed by atoms with Gasteiger partial charge in [0.2, 0.25) is 0 Å². The molecule has 0 amide bonds. The van der Waals surface area contributed by atoms with Crippen molar-refractivity contribution < 1.29 is 9.50 Å². The van der Waals surface area contributed by atoms with Crippen LogP contribution in [0.25, 0.3) is 0 Å². The SMILES string of the molecule is Cc1cc(O)c([C@H](c2ccccc2)N2CCN(c3ccc(F)cc3)CC2)c(=O)n1Cc1ccccn1. The van der Waals surface area contributed by atoms with E-state index in [1.165, 1.54) is 12.1 Å². The van der Waals surface area contributed by atoms with E-state index in [4.69, 9.17) is 0 Å². The minimum atomic E-state index is -0.398. The summed E-state index contributed by atoms with van der Waals surface area (Å²) in [5.41, 5.74) is 3.55. The molecule has 0 radical (unpaired) electrons. The summed E-state index contributed by atoms with van der Waals surface area (Å²) in [6.45, 7) is 4.98. The maximum absolute atomic E-state index is 13.9. The van der Waals surface area contributed by atoms with Crippen LogP contribution in [-0.2, 0) is 6.54 Å². The van der Waals surface area contributed by atoms with Crippen LogP contribution in [-0.4, -0.2) is 45.7 Å². The van der Waals surface area contributed by atoms with Crippen molar-refractivity contribution in [2.24, 2.45) is 0 Å². The number of hydrogen-bond donors (Lipinski definition) is 1. The maximum Gasteiger partial charge on any atom is 0.260 e. The Hall–Kier alpha value is -3.97. The van der Waals surface area contributed by atoms with Crippen molar-refractivity contribution in [2.45, 2.75) is 19.5 Å². The highest BCUT2D eigenvalue weighted by Gasteiger charge is 2.31. The number of benzene rings is 2. The van der Waals surface area contributed by atoms with Crippen molar-refractivity contribution in [3.8, 4) is 5.75 Å². The van der Waals surface area contributed by atoms with Crippen LogP contribution in [0.1, 0.15) is 28.6 Å². The molecular formula is C29H29FN4O2. The third-order valence-electron chi connectivity index (χ3n) is 6.83. The number of anilines is 1. The fourth-order valence-corrected chi connectivity index (χ4v) is 4.96. The second kappa shape index (κ2) is 10.3. The van der Waals surface area contributed by atoms with Crippen molar-refractivity contribution in [2.75, 3.05) is 31.1 Å². The zero-order chi connectivity index (χ0) is 25.1. The Morgan fingerprint density at radius 3 is 2.31 bits per heavy atom. The van der Waals surface area contributed by atoms with Crippen molar-refractivity contribution in [3.63, 3.8) is 0 Å². The van der Waals surface area contributed by atoms with E-state index in [9.17, 15) is 14.3 Å². The van der Waals surface area contributed by atoms with Gasteiger partial charge in [-0.2, -0.15) is 0 Å². The van der Waals surface area contributed by atoms with Crippen molar-refractivity contribution in [1.29, 1.82) is 0 Å². The molecule has 3 heterocycles. The summed E-state index contributed by atoms with van der Waals surface area (Å²) in [5.74, 6) is -0.247. The number of pyridine rings is 2. The van der Waals surface area contributed by atoms with Gasteiger partial charge in [-0.1, -0.05) is 36.4 Å². The van der Waals surface area contributed by atoms with Crippen LogP contribution in [0.2, 0.25) is 0 Å². The number of halogens is 1. The topological polar surface area (TPSA) is 61.6 Å². The van der Waals surface area contributed by atoms with Gasteiger partial charge in [-0.25, -0.2) is 4.39 Å². The zero-order valence-electron chi connectivity index (χ0n) is 20.2. The molecule has 2 aromatic heterocycles. The molecule has 36 heavy (non-hydrogen) atoms. The summed E-state index contributed by atoms with van der Waals surface area (Å²) < 4.78 is 15.1. The summed E-state index contributed by atoms with van der Waals surface area (Å²) in [6, 6.07) is 23.3. The fraction of sp³-hybridized carbons (Fsp3) is 0.241. The van der Waals surface area contributed by atoms with E-state index < -0.39 is 6.04 Å². The van der Waals surface area contributed by atoms with E-state index in [1.54, 1.807) is 29.0 Å². The summed E-state index contributed by atoms with van der Waals surface area (Å²) in [7, 11) is 0. The molecule has 1 atom stereocenters. The molecule has 0 bridgehead atoms. The summed E-state index contributed by atoms with van der Waals surface area (Å²) >= 11 is 0. The van der Waals surface area contributed by atoms with Crippen LogP contribution in [0, 0.1) is 12.7 Å². The third-order valence-corrected chi connectivity index (χ3v) is 6.83. The maximum atomic E-state index is 13.9. The van der Waals surface area contributed by atoms with Crippen LogP contribution in [0.5, 0.6) is 5.75 Å². The number of piperazine rings is 1. The average molecular weight is 485 g/mol. The Morgan fingerprint density at radius 1 is 0.944 bits per heavy atom. The molecule has 2 aromatic carbocycles. The number of rotatable bonds is 6. The second-order valence-corrected chi connectivity index (χ2v) is 9.11. The monoisotopic (exact) mass is 484 g/mol. The molecule has 7 heteroatoms. The Labute approximate surface area is 209 Å². The van der Waals surface area contributed by atoms with E-state index in [2.05, 4.69) is 14.8 Å². The van der Waals surface area contributed by atoms with Gasteiger partial charge in [0.05, 0.1) is 23.8 Å². The van der Waals surface area contributed by atoms with Gasteiger partial charge in [-0.3, -0.25) is 14.7 Å². The molecule has 1 aliphatic heterocycles. The molecule has 1 aliphatic rings. The van der Waals surface area contributed by atoms with Crippen LogP contribution in [0.15, 0.2) is 89.9 Å². The van der Waals surface area contributed by atoms with Gasteiger partial charge in [0.1, 0.15) is 11.6 Å². The number of aromatic nitrogens is 2. The van der Waals surface area contributed by atoms with Gasteiger partial charge in [0.25, 0.3) is 5.56 Å². The lowest BCUT2D eigenvalue weighted by atomic mass is 9.96. The Morgan fingerprint density at radius 2 is 1.64 bits per heavy atom. The first-order chi connectivity index (χ1) is 17.5. The predicted molar refractivity (Wildman–Crippen MR) is 139 cm³/mol. The normalized spacial score (nSPS) is 15.1. The van der Waals surface area contributed by atoms with Crippen LogP contribution < -0.4 is 10.5 Å². The van der Waals surface area contributed by atoms with Crippen LogP contribution in [0.3, 0.4) is 0 Å². The number of aromatic hydroxyl groups is 1. The molecule has 0 spiro atoms. The van der Waals surface area contributed by atoms with Gasteiger partial charge in [-0.15, -0.1) is 0 Å². The summed E-state index contributed by atoms with van der Waals surface area (Å²) in [5, 5.41) is 11.1. The van der Waals surface area contributed by atoms with Gasteiger partial charge >= 0.3 is 0 Å². The highest BCUT2D eigenvalue weighted by molar-refractivity contribution is 5.47. The lowest BCUT2D eigenvalue weighted by Gasteiger charge is -2.40. The highest BCUT2D eigenvalue weighted by atomic mass is 19.1. The molecule has 184 valence electrons. The van der Waals surface area contributed by atoms with Crippen molar-refractivity contribution in [3.05, 3.63) is 124 Å². The first-order valence-corrected chi connectivity index (χ1v) is 12.1. The standard InChI is InChI=1S/C29H29FN4O2/c1-21-19-26(35)27(29(36)34(21)20-24-9-5-6-14-31-24)28(22-7-3-2-4-8-22)33-17-15-32(16-18-33)25-12-10-23(30)11-13-25/h2-14,19,28,35H,15-18,20H2,1H3/t28-/m0/s1. The Kier molecular flexibility index (Phi) is 6.82. The van der Waals surface area contributed by atoms with Crippen molar-refractivity contribution >= 4 is 5.69 Å². The minimum Gasteiger partial charge on any atom is -0.507 e. The largest absolute Gasteiger partial charge is 0.507 e. The van der Waals surface area contributed by atoms with E-state index in [1.807, 2.05) is 55.5 Å². The molecule has 0 unspecified atom stereocenters. The summed E-state index contributed by atoms with van der Waals surface area (Å²) in [4.78, 5) is 22.7. The third kappa shape index (κ3) is 4.88. The minimum absolute atomic E-state index is 0.00425. The second-order valence-electron chi connectivity index (χ2n) is 9.11. The van der Waals surface area contributed by atoms with Gasteiger partial charge in [0.15, 0.2) is 0 Å². The van der Waals surface area contributed by atoms with E-state index in [-0.39, 0.29) is 17.1 Å². The molecule has 0 saturated carbocycles. The average Bonchev–Trinajstić information content (AvgIpc) is 2.91. The lowest BCUT2D eigenvalue weighted by Crippen LogP contribution is -2.49. The smallest absolute Gasteiger partial charge is 0.260 e. The molecule has 1 saturated heterocycles. The molecule has 1 fully saturated rings. The van der Waals surface area contributed by atoms with E-state index in [0.717, 1.165) is 30.0 Å². The fourth-order valence-electron chi connectivity index (χ4n) is 4.96. The quantitative estimate of drug-likeness (QED) is 0.441. The Bertz CT molecular complexity index is 1370. The molecule has 6 nitrogen and oxygen atoms in total. The predicted octanol–water partition coefficient (Wildman–Crippen LogP) is 4.36. The Balaban J connectivity index is 1.50. The highest BCUT2D eigenvalue weighted by Crippen LogP contribution is 2.33.